The molecule has 72 valence electrons. The summed E-state index contributed by atoms with van der Waals surface area (Å²) in [7, 11) is 0. The van der Waals surface area contributed by atoms with E-state index in [0.29, 0.717) is 0 Å². The van der Waals surface area contributed by atoms with Crippen LogP contribution in [0, 0.1) is 0 Å². The molecule has 0 aromatic rings. The third-order valence-electron chi connectivity index (χ3n) is 0.673. The van der Waals surface area contributed by atoms with Crippen molar-refractivity contribution in [1.82, 2.24) is 0 Å². The molecule has 0 fully saturated rings. The smallest absolute Gasteiger partial charge is 0.848 e. The summed E-state index contributed by atoms with van der Waals surface area (Å²) in [4.78, 5) is 18.6. The largest absolute Gasteiger partial charge is 2.00 e. The summed E-state index contributed by atoms with van der Waals surface area (Å²) in [5, 5.41) is 36.1. The van der Waals surface area contributed by atoms with Gasteiger partial charge >= 0.3 is 19.5 Å². The molecule has 0 amide bonds. The number of carbonyl (C=O) groups excluding carboxylic acids is 2. The van der Waals surface area contributed by atoms with Crippen molar-refractivity contribution in [2.24, 2.45) is 0 Å². The van der Waals surface area contributed by atoms with Crippen LogP contribution in [0.4, 0.5) is 0 Å². The van der Waals surface area contributed by atoms with Crippen LogP contribution in [0.25, 0.3) is 0 Å². The second-order valence-corrected chi connectivity index (χ2v) is 1.96. The number of carboxylic acid groups (broad SMARTS) is 2. The zero-order valence-electron chi connectivity index (χ0n) is 7.35. The SMILES string of the molecule is CC(O)C(=O)[O-].CC([O-])C(=O)[O-].[Zn+2]. The van der Waals surface area contributed by atoms with Crippen LogP contribution < -0.4 is 15.3 Å². The molecule has 0 aromatic heterocycles. The number of carboxylic acids is 2. The van der Waals surface area contributed by atoms with Crippen molar-refractivity contribution < 1.29 is 49.5 Å². The molecule has 6 nitrogen and oxygen atoms in total. The van der Waals surface area contributed by atoms with Crippen molar-refractivity contribution in [2.75, 3.05) is 0 Å². The van der Waals surface area contributed by atoms with Gasteiger partial charge in [0.25, 0.3) is 0 Å². The Kier molecular flexibility index (Phi) is 13.5. The van der Waals surface area contributed by atoms with E-state index in [1.54, 1.807) is 0 Å². The predicted octanol–water partition coefficient (Wildman–Crippen LogP) is -4.40. The summed E-state index contributed by atoms with van der Waals surface area (Å²) in [6, 6.07) is 0. The van der Waals surface area contributed by atoms with E-state index in [0.717, 1.165) is 13.8 Å². The maximum atomic E-state index is 9.56. The van der Waals surface area contributed by atoms with Gasteiger partial charge in [0, 0.05) is 5.97 Å². The molecule has 0 aromatic carbocycles. The van der Waals surface area contributed by atoms with Crippen molar-refractivity contribution >= 4 is 11.9 Å². The van der Waals surface area contributed by atoms with E-state index in [4.69, 9.17) is 5.11 Å². The number of rotatable bonds is 2. The molecular weight excluding hydrogens is 233 g/mol. The topological polar surface area (TPSA) is 124 Å². The van der Waals surface area contributed by atoms with Crippen LogP contribution in [-0.4, -0.2) is 29.3 Å². The normalized spacial score (nSPS) is 12.6. The molecule has 0 aliphatic rings. The van der Waals surface area contributed by atoms with Gasteiger partial charge in [-0.15, -0.1) is 0 Å². The van der Waals surface area contributed by atoms with Crippen molar-refractivity contribution in [3.05, 3.63) is 0 Å². The average Bonchev–Trinajstić information content (AvgIpc) is 1.88. The molecule has 1 N–H and O–H groups in total. The first-order valence-corrected chi connectivity index (χ1v) is 3.04. The second-order valence-electron chi connectivity index (χ2n) is 1.96. The van der Waals surface area contributed by atoms with E-state index in [9.17, 15) is 24.9 Å². The molecule has 2 unspecified atom stereocenters. The van der Waals surface area contributed by atoms with E-state index in [1.807, 2.05) is 0 Å². The van der Waals surface area contributed by atoms with Crippen molar-refractivity contribution in [1.29, 1.82) is 0 Å². The van der Waals surface area contributed by atoms with Crippen molar-refractivity contribution in [3.63, 3.8) is 0 Å². The number of hydrogen-bond donors (Lipinski definition) is 1. The van der Waals surface area contributed by atoms with Gasteiger partial charge in [0.15, 0.2) is 0 Å². The quantitative estimate of drug-likeness (QED) is 0.488. The monoisotopic (exact) mass is 241 g/mol. The number of aliphatic hydroxyl groups excluding tert-OH is 1. The fraction of sp³-hybridized carbons (Fsp3) is 0.667. The average molecular weight is 243 g/mol. The van der Waals surface area contributed by atoms with E-state index in [-0.39, 0.29) is 19.5 Å². The minimum absolute atomic E-state index is 0. The first-order chi connectivity index (χ1) is 5.29. The molecule has 0 radical (unpaired) electrons. The summed E-state index contributed by atoms with van der Waals surface area (Å²) in [6.45, 7) is 2.16. The maximum absolute atomic E-state index is 9.56. The van der Waals surface area contributed by atoms with Gasteiger partial charge < -0.3 is 30.0 Å². The summed E-state index contributed by atoms with van der Waals surface area (Å²) in [6.07, 6.45) is -2.94. The molecule has 0 heterocycles. The van der Waals surface area contributed by atoms with E-state index >= 15 is 0 Å². The van der Waals surface area contributed by atoms with Gasteiger partial charge in [-0.05, 0) is 6.92 Å². The van der Waals surface area contributed by atoms with Crippen LogP contribution in [0.3, 0.4) is 0 Å². The van der Waals surface area contributed by atoms with Gasteiger partial charge in [0.1, 0.15) is 0 Å². The summed E-state index contributed by atoms with van der Waals surface area (Å²) >= 11 is 0. The minimum Gasteiger partial charge on any atom is -0.848 e. The number of carbonyl (C=O) groups is 2. The fourth-order valence-electron chi connectivity index (χ4n) is 0. The summed E-state index contributed by atoms with van der Waals surface area (Å²) < 4.78 is 0. The van der Waals surface area contributed by atoms with Crippen LogP contribution in [0.2, 0.25) is 0 Å². The van der Waals surface area contributed by atoms with E-state index in [1.165, 1.54) is 0 Å². The number of aliphatic carboxylic acids is 2. The Morgan fingerprint density at radius 3 is 1.31 bits per heavy atom. The van der Waals surface area contributed by atoms with Gasteiger partial charge in [0.05, 0.1) is 12.1 Å². The first kappa shape index (κ1) is 18.3. The van der Waals surface area contributed by atoms with Crippen molar-refractivity contribution in [2.45, 2.75) is 26.1 Å². The molecule has 7 heteroatoms. The zero-order chi connectivity index (χ0) is 10.3. The molecule has 13 heavy (non-hydrogen) atoms. The minimum atomic E-state index is -1.59. The van der Waals surface area contributed by atoms with Crippen LogP contribution in [-0.2, 0) is 29.1 Å². The second kappa shape index (κ2) is 9.57. The summed E-state index contributed by atoms with van der Waals surface area (Å²) in [5.41, 5.74) is 0. The standard InChI is InChI=1S/C3H6O3.C3H5O3.Zn/c2*1-2(4)3(5)6;/h2,4H,1H3,(H,5,6);2H,1H3,(H,5,6);/q;-1;+2/p-2. The molecule has 2 atom stereocenters. The Hall–Kier alpha value is -0.517. The van der Waals surface area contributed by atoms with Gasteiger partial charge in [-0.1, -0.05) is 13.0 Å². The van der Waals surface area contributed by atoms with Gasteiger partial charge in [0.2, 0.25) is 0 Å². The molecular formula is C6H9O6Zn-. The molecule has 0 saturated heterocycles. The molecule has 0 saturated carbocycles. The molecule has 0 bridgehead atoms. The maximum Gasteiger partial charge on any atom is 2.00 e. The Morgan fingerprint density at radius 1 is 1.15 bits per heavy atom. The fourth-order valence-corrected chi connectivity index (χ4v) is 0. The van der Waals surface area contributed by atoms with E-state index < -0.39 is 24.1 Å². The Morgan fingerprint density at radius 2 is 1.31 bits per heavy atom. The Balaban J connectivity index is -0.000000143. The molecule has 0 rings (SSSR count). The Labute approximate surface area is 88.0 Å². The van der Waals surface area contributed by atoms with Crippen LogP contribution in [0.15, 0.2) is 0 Å². The van der Waals surface area contributed by atoms with Crippen LogP contribution >= 0.6 is 0 Å². The predicted molar refractivity (Wildman–Crippen MR) is 31.2 cm³/mol. The number of hydrogen-bond acceptors (Lipinski definition) is 6. The Bertz CT molecular complexity index is 137. The van der Waals surface area contributed by atoms with Gasteiger partial charge in [-0.3, -0.25) is 0 Å². The molecule has 0 aliphatic carbocycles. The first-order valence-electron chi connectivity index (χ1n) is 3.04. The van der Waals surface area contributed by atoms with Gasteiger partial charge in [-0.2, -0.15) is 0 Å². The van der Waals surface area contributed by atoms with E-state index in [2.05, 4.69) is 0 Å². The third kappa shape index (κ3) is 18.4. The van der Waals surface area contributed by atoms with Crippen LogP contribution in [0.5, 0.6) is 0 Å². The zero-order valence-corrected chi connectivity index (χ0v) is 10.3. The van der Waals surface area contributed by atoms with Gasteiger partial charge in [-0.25, -0.2) is 0 Å². The van der Waals surface area contributed by atoms with Crippen LogP contribution in [0.1, 0.15) is 13.8 Å². The van der Waals surface area contributed by atoms with Crippen molar-refractivity contribution in [3.8, 4) is 0 Å². The molecule has 0 aliphatic heterocycles. The third-order valence-corrected chi connectivity index (χ3v) is 0.673. The molecule has 0 spiro atoms. The summed E-state index contributed by atoms with van der Waals surface area (Å²) in [5.74, 6) is -2.98. The number of aliphatic hydroxyl groups is 1.